The summed E-state index contributed by atoms with van der Waals surface area (Å²) in [7, 11) is 2.11. The minimum atomic E-state index is 1.19. The van der Waals surface area contributed by atoms with Crippen molar-refractivity contribution in [3.05, 3.63) is 85.2 Å². The fraction of sp³-hybridized carbons (Fsp3) is 0.0455. The largest absolute Gasteiger partial charge is 0.249 e. The van der Waals surface area contributed by atoms with Crippen molar-refractivity contribution in [3.8, 4) is 5.69 Å². The van der Waals surface area contributed by atoms with Gasteiger partial charge in [-0.2, -0.15) is 4.57 Å². The Morgan fingerprint density at radius 3 is 2.04 bits per heavy atom. The maximum atomic E-state index is 2.28. The van der Waals surface area contributed by atoms with Gasteiger partial charge < -0.3 is 0 Å². The van der Waals surface area contributed by atoms with E-state index in [9.17, 15) is 0 Å². The molecule has 114 valence electrons. The van der Waals surface area contributed by atoms with E-state index in [0.717, 1.165) is 0 Å². The number of hydrogen-bond acceptors (Lipinski definition) is 0. The van der Waals surface area contributed by atoms with Crippen LogP contribution in [0.3, 0.4) is 0 Å². The van der Waals surface area contributed by atoms with Gasteiger partial charge in [-0.25, -0.2) is 4.57 Å². The molecule has 0 unspecified atom stereocenters. The van der Waals surface area contributed by atoms with Gasteiger partial charge in [0.2, 0.25) is 6.33 Å². The number of rotatable bonds is 1. The van der Waals surface area contributed by atoms with Crippen LogP contribution in [0.1, 0.15) is 0 Å². The molecular weight excluding hydrogens is 292 g/mol. The lowest BCUT2D eigenvalue weighted by Gasteiger charge is -2.02. The molecule has 2 nitrogen and oxygen atoms in total. The highest BCUT2D eigenvalue weighted by molar-refractivity contribution is 5.95. The number of aromatic nitrogens is 2. The monoisotopic (exact) mass is 309 g/mol. The number of nitrogens with zero attached hydrogens (tertiary/aromatic N) is 2. The summed E-state index contributed by atoms with van der Waals surface area (Å²) in [5.74, 6) is 0. The first kappa shape index (κ1) is 13.3. The number of hydrogen-bond donors (Lipinski definition) is 0. The molecule has 4 aromatic carbocycles. The van der Waals surface area contributed by atoms with E-state index in [2.05, 4.69) is 101 Å². The summed E-state index contributed by atoms with van der Waals surface area (Å²) in [6.45, 7) is 0. The van der Waals surface area contributed by atoms with Crippen molar-refractivity contribution in [1.82, 2.24) is 4.57 Å². The smallest absolute Gasteiger partial charge is 0.232 e. The average Bonchev–Trinajstić information content (AvgIpc) is 2.95. The second-order valence-electron chi connectivity index (χ2n) is 6.32. The highest BCUT2D eigenvalue weighted by atomic mass is 15.1. The van der Waals surface area contributed by atoms with Crippen molar-refractivity contribution >= 4 is 32.6 Å². The number of benzene rings is 4. The van der Waals surface area contributed by atoms with Gasteiger partial charge in [-0.05, 0) is 45.8 Å². The van der Waals surface area contributed by atoms with Crippen LogP contribution in [0.15, 0.2) is 85.2 Å². The van der Waals surface area contributed by atoms with Crippen LogP contribution >= 0.6 is 0 Å². The van der Waals surface area contributed by atoms with E-state index in [1.54, 1.807) is 0 Å². The van der Waals surface area contributed by atoms with Crippen molar-refractivity contribution in [2.45, 2.75) is 0 Å². The topological polar surface area (TPSA) is 8.81 Å². The summed E-state index contributed by atoms with van der Waals surface area (Å²) in [5, 5.41) is 5.08. The molecule has 2 heteroatoms. The molecule has 0 aliphatic heterocycles. The molecule has 0 amide bonds. The van der Waals surface area contributed by atoms with E-state index in [4.69, 9.17) is 0 Å². The molecule has 5 rings (SSSR count). The third-order valence-corrected chi connectivity index (χ3v) is 4.78. The summed E-state index contributed by atoms with van der Waals surface area (Å²) in [6.07, 6.45) is 2.16. The molecular formula is C22H17N2+. The Morgan fingerprint density at radius 2 is 1.29 bits per heavy atom. The van der Waals surface area contributed by atoms with E-state index in [1.165, 1.54) is 38.3 Å². The Morgan fingerprint density at radius 1 is 0.667 bits per heavy atom. The van der Waals surface area contributed by atoms with Crippen LogP contribution < -0.4 is 4.57 Å². The Hall–Kier alpha value is -3.13. The summed E-state index contributed by atoms with van der Waals surface area (Å²) < 4.78 is 4.46. The molecule has 24 heavy (non-hydrogen) atoms. The zero-order valence-electron chi connectivity index (χ0n) is 13.5. The third-order valence-electron chi connectivity index (χ3n) is 4.78. The van der Waals surface area contributed by atoms with Crippen molar-refractivity contribution in [2.75, 3.05) is 0 Å². The van der Waals surface area contributed by atoms with Crippen LogP contribution in [-0.4, -0.2) is 4.57 Å². The van der Waals surface area contributed by atoms with Gasteiger partial charge >= 0.3 is 0 Å². The molecule has 0 bridgehead atoms. The second-order valence-corrected chi connectivity index (χ2v) is 6.32. The van der Waals surface area contributed by atoms with E-state index in [-0.39, 0.29) is 0 Å². The van der Waals surface area contributed by atoms with Crippen LogP contribution in [0.25, 0.3) is 38.3 Å². The Bertz CT molecular complexity index is 1210. The first-order valence-corrected chi connectivity index (χ1v) is 8.18. The zero-order chi connectivity index (χ0) is 16.1. The van der Waals surface area contributed by atoms with E-state index in [0.29, 0.717) is 0 Å². The van der Waals surface area contributed by atoms with E-state index < -0.39 is 0 Å². The lowest BCUT2D eigenvalue weighted by atomic mass is 10.1. The normalized spacial score (nSPS) is 11.5. The highest BCUT2D eigenvalue weighted by Crippen LogP contribution is 2.25. The molecule has 0 radical (unpaired) electrons. The van der Waals surface area contributed by atoms with Crippen LogP contribution in [0, 0.1) is 0 Å². The fourth-order valence-corrected chi connectivity index (χ4v) is 3.52. The third kappa shape index (κ3) is 1.93. The number of aryl methyl sites for hydroxylation is 1. The minimum Gasteiger partial charge on any atom is -0.232 e. The SMILES string of the molecule is C[n+]1cn(-c2ccc3ccccc3c2)c2cc3ccccc3cc21. The standard InChI is InChI=1S/C22H17N2/c1-23-15-24(20-11-10-16-6-2-3-7-17(16)12-20)22-14-19-9-5-4-8-18(19)13-21(22)23/h2-15H,1H3/q+1. The summed E-state index contributed by atoms with van der Waals surface area (Å²) in [5.41, 5.74) is 3.66. The summed E-state index contributed by atoms with van der Waals surface area (Å²) in [6, 6.07) is 28.2. The van der Waals surface area contributed by atoms with Gasteiger partial charge in [0, 0.05) is 0 Å². The maximum Gasteiger partial charge on any atom is 0.249 e. The van der Waals surface area contributed by atoms with E-state index in [1.807, 2.05) is 0 Å². The second kappa shape index (κ2) is 4.93. The van der Waals surface area contributed by atoms with Crippen molar-refractivity contribution in [3.63, 3.8) is 0 Å². The molecule has 0 aliphatic carbocycles. The lowest BCUT2D eigenvalue weighted by Crippen LogP contribution is -2.25. The Labute approximate surface area is 140 Å². The maximum absolute atomic E-state index is 2.28. The number of imidazole rings is 1. The van der Waals surface area contributed by atoms with Crippen LogP contribution in [0.4, 0.5) is 0 Å². The quantitative estimate of drug-likeness (QED) is 0.395. The molecule has 0 spiro atoms. The Balaban J connectivity index is 1.82. The van der Waals surface area contributed by atoms with Crippen molar-refractivity contribution < 1.29 is 4.57 Å². The number of fused-ring (bicyclic) bond motifs is 3. The van der Waals surface area contributed by atoms with E-state index >= 15 is 0 Å². The molecule has 1 aromatic heterocycles. The molecule has 0 fully saturated rings. The lowest BCUT2D eigenvalue weighted by molar-refractivity contribution is -0.645. The highest BCUT2D eigenvalue weighted by Gasteiger charge is 2.16. The minimum absolute atomic E-state index is 1.19. The van der Waals surface area contributed by atoms with Gasteiger partial charge in [-0.1, -0.05) is 54.6 Å². The molecule has 0 saturated carbocycles. The predicted molar refractivity (Wildman–Crippen MR) is 99.5 cm³/mol. The summed E-state index contributed by atoms with van der Waals surface area (Å²) in [4.78, 5) is 0. The van der Waals surface area contributed by atoms with Gasteiger partial charge in [0.25, 0.3) is 0 Å². The predicted octanol–water partition coefficient (Wildman–Crippen LogP) is 4.76. The molecule has 0 aliphatic rings. The summed E-state index contributed by atoms with van der Waals surface area (Å²) >= 11 is 0. The van der Waals surface area contributed by atoms with Crippen molar-refractivity contribution in [1.29, 1.82) is 0 Å². The molecule has 5 aromatic rings. The van der Waals surface area contributed by atoms with Crippen LogP contribution in [0.2, 0.25) is 0 Å². The first-order valence-electron chi connectivity index (χ1n) is 8.18. The Kier molecular flexibility index (Phi) is 2.74. The van der Waals surface area contributed by atoms with Gasteiger partial charge in [0.15, 0.2) is 11.0 Å². The van der Waals surface area contributed by atoms with Gasteiger partial charge in [0.05, 0.1) is 7.05 Å². The average molecular weight is 309 g/mol. The van der Waals surface area contributed by atoms with Crippen molar-refractivity contribution in [2.24, 2.45) is 7.05 Å². The molecule has 0 atom stereocenters. The molecule has 0 saturated heterocycles. The fourth-order valence-electron chi connectivity index (χ4n) is 3.52. The van der Waals surface area contributed by atoms with Crippen LogP contribution in [-0.2, 0) is 7.05 Å². The first-order chi connectivity index (χ1) is 11.8. The van der Waals surface area contributed by atoms with Gasteiger partial charge in [-0.3, -0.25) is 0 Å². The molecule has 1 heterocycles. The zero-order valence-corrected chi connectivity index (χ0v) is 13.5. The van der Waals surface area contributed by atoms with Crippen LogP contribution in [0.5, 0.6) is 0 Å². The van der Waals surface area contributed by atoms with Gasteiger partial charge in [-0.15, -0.1) is 0 Å². The molecule has 0 N–H and O–H groups in total. The van der Waals surface area contributed by atoms with Gasteiger partial charge in [0.1, 0.15) is 5.69 Å².